The van der Waals surface area contributed by atoms with Crippen molar-refractivity contribution in [2.75, 3.05) is 5.32 Å². The molecule has 0 radical (unpaired) electrons. The number of rotatable bonds is 3. The highest BCUT2D eigenvalue weighted by atomic mass is 14.9. The van der Waals surface area contributed by atoms with Crippen molar-refractivity contribution >= 4 is 5.69 Å². The van der Waals surface area contributed by atoms with E-state index < -0.39 is 0 Å². The van der Waals surface area contributed by atoms with Gasteiger partial charge >= 0.3 is 0 Å². The van der Waals surface area contributed by atoms with Gasteiger partial charge in [0.1, 0.15) is 0 Å². The van der Waals surface area contributed by atoms with Crippen molar-refractivity contribution in [2.24, 2.45) is 5.41 Å². The van der Waals surface area contributed by atoms with Crippen LogP contribution >= 0.6 is 0 Å². The molecule has 1 aromatic rings. The molecule has 88 valence electrons. The van der Waals surface area contributed by atoms with E-state index in [2.05, 4.69) is 50.4 Å². The van der Waals surface area contributed by atoms with E-state index in [1.54, 1.807) is 0 Å². The third-order valence-electron chi connectivity index (χ3n) is 3.93. The molecular formula is C15H23N. The van der Waals surface area contributed by atoms with Gasteiger partial charge in [-0.25, -0.2) is 0 Å². The van der Waals surface area contributed by atoms with Crippen molar-refractivity contribution in [2.45, 2.75) is 52.5 Å². The Morgan fingerprint density at radius 1 is 1.38 bits per heavy atom. The topological polar surface area (TPSA) is 12.0 Å². The molecule has 0 bridgehead atoms. The van der Waals surface area contributed by atoms with E-state index in [4.69, 9.17) is 0 Å². The van der Waals surface area contributed by atoms with Crippen LogP contribution in [0.2, 0.25) is 0 Å². The van der Waals surface area contributed by atoms with Crippen molar-refractivity contribution in [3.8, 4) is 0 Å². The maximum absolute atomic E-state index is 3.71. The summed E-state index contributed by atoms with van der Waals surface area (Å²) in [5.41, 5.74) is 3.16. The lowest BCUT2D eigenvalue weighted by Gasteiger charge is -2.28. The fourth-order valence-corrected chi connectivity index (χ4v) is 2.68. The molecule has 1 aromatic carbocycles. The van der Waals surface area contributed by atoms with Gasteiger partial charge in [-0.05, 0) is 42.4 Å². The number of aryl methyl sites for hydroxylation is 1. The molecule has 0 saturated heterocycles. The van der Waals surface area contributed by atoms with Gasteiger partial charge in [-0.2, -0.15) is 0 Å². The molecule has 1 heteroatoms. The molecule has 0 aliphatic heterocycles. The molecule has 1 aliphatic carbocycles. The molecule has 0 heterocycles. The van der Waals surface area contributed by atoms with Crippen LogP contribution in [-0.2, 0) is 6.42 Å². The zero-order chi connectivity index (χ0) is 11.6. The largest absolute Gasteiger partial charge is 0.382 e. The first-order chi connectivity index (χ1) is 7.62. The lowest BCUT2D eigenvalue weighted by atomic mass is 9.87. The summed E-state index contributed by atoms with van der Waals surface area (Å²) >= 11 is 0. The van der Waals surface area contributed by atoms with Crippen LogP contribution in [0.1, 0.15) is 45.6 Å². The van der Waals surface area contributed by atoms with E-state index in [-0.39, 0.29) is 0 Å². The van der Waals surface area contributed by atoms with Crippen LogP contribution in [0, 0.1) is 5.41 Å². The van der Waals surface area contributed by atoms with Crippen LogP contribution < -0.4 is 5.32 Å². The highest BCUT2D eigenvalue weighted by Gasteiger charge is 2.34. The van der Waals surface area contributed by atoms with Crippen molar-refractivity contribution < 1.29 is 0 Å². The number of anilines is 1. The fourth-order valence-electron chi connectivity index (χ4n) is 2.68. The summed E-state index contributed by atoms with van der Waals surface area (Å²) in [4.78, 5) is 0. The number of hydrogen-bond acceptors (Lipinski definition) is 1. The Morgan fingerprint density at radius 3 is 2.81 bits per heavy atom. The average molecular weight is 217 g/mol. The molecule has 1 nitrogen and oxygen atoms in total. The number of hydrogen-bond donors (Lipinski definition) is 1. The minimum absolute atomic E-state index is 0.447. The maximum atomic E-state index is 3.71. The standard InChI is InChI=1S/C15H23N/c1-4-12-7-5-8-13(11-12)16-14-9-6-10-15(14,2)3/h5,7-8,11,14,16H,4,6,9-10H2,1-3H3. The summed E-state index contributed by atoms with van der Waals surface area (Å²) < 4.78 is 0. The Hall–Kier alpha value is -0.980. The molecule has 2 rings (SSSR count). The van der Waals surface area contributed by atoms with Gasteiger partial charge in [0.2, 0.25) is 0 Å². The lowest BCUT2D eigenvalue weighted by molar-refractivity contribution is 0.350. The Morgan fingerprint density at radius 2 is 2.19 bits per heavy atom. The number of benzene rings is 1. The summed E-state index contributed by atoms with van der Waals surface area (Å²) in [6, 6.07) is 9.47. The van der Waals surface area contributed by atoms with Crippen LogP contribution in [0.5, 0.6) is 0 Å². The van der Waals surface area contributed by atoms with E-state index in [0.717, 1.165) is 6.42 Å². The van der Waals surface area contributed by atoms with Gasteiger partial charge in [-0.1, -0.05) is 39.3 Å². The minimum Gasteiger partial charge on any atom is -0.382 e. The molecular weight excluding hydrogens is 194 g/mol. The smallest absolute Gasteiger partial charge is 0.0345 e. The first-order valence-corrected chi connectivity index (χ1v) is 6.47. The van der Waals surface area contributed by atoms with Gasteiger partial charge < -0.3 is 5.32 Å². The Bertz CT molecular complexity index is 354. The molecule has 1 fully saturated rings. The van der Waals surface area contributed by atoms with E-state index in [1.807, 2.05) is 0 Å². The summed E-state index contributed by atoms with van der Waals surface area (Å²) in [5.74, 6) is 0. The van der Waals surface area contributed by atoms with Crippen molar-refractivity contribution in [3.63, 3.8) is 0 Å². The SMILES string of the molecule is CCc1cccc(NC2CCCC2(C)C)c1. The van der Waals surface area contributed by atoms with Crippen LogP contribution in [-0.4, -0.2) is 6.04 Å². The molecule has 1 saturated carbocycles. The zero-order valence-electron chi connectivity index (χ0n) is 10.7. The predicted molar refractivity (Wildman–Crippen MR) is 70.9 cm³/mol. The normalized spacial score (nSPS) is 23.3. The highest BCUT2D eigenvalue weighted by Crippen LogP contribution is 2.39. The molecule has 16 heavy (non-hydrogen) atoms. The van der Waals surface area contributed by atoms with Gasteiger partial charge in [0.25, 0.3) is 0 Å². The quantitative estimate of drug-likeness (QED) is 0.798. The van der Waals surface area contributed by atoms with Crippen molar-refractivity contribution in [3.05, 3.63) is 29.8 Å². The Balaban J connectivity index is 2.08. The zero-order valence-corrected chi connectivity index (χ0v) is 10.7. The third-order valence-corrected chi connectivity index (χ3v) is 3.93. The second-order valence-corrected chi connectivity index (χ2v) is 5.63. The predicted octanol–water partition coefficient (Wildman–Crippen LogP) is 4.24. The molecule has 1 aliphatic rings. The number of nitrogens with one attached hydrogen (secondary N) is 1. The van der Waals surface area contributed by atoms with Crippen LogP contribution in [0.3, 0.4) is 0 Å². The monoisotopic (exact) mass is 217 g/mol. The maximum Gasteiger partial charge on any atom is 0.0345 e. The molecule has 1 unspecified atom stereocenters. The van der Waals surface area contributed by atoms with Crippen LogP contribution in [0.25, 0.3) is 0 Å². The highest BCUT2D eigenvalue weighted by molar-refractivity contribution is 5.47. The second-order valence-electron chi connectivity index (χ2n) is 5.63. The van der Waals surface area contributed by atoms with Gasteiger partial charge in [0.15, 0.2) is 0 Å². The third kappa shape index (κ3) is 2.40. The Labute approximate surface area is 99.3 Å². The van der Waals surface area contributed by atoms with E-state index in [1.165, 1.54) is 30.5 Å². The van der Waals surface area contributed by atoms with Crippen LogP contribution in [0.15, 0.2) is 24.3 Å². The summed E-state index contributed by atoms with van der Waals surface area (Å²) in [6.45, 7) is 6.96. The van der Waals surface area contributed by atoms with E-state index in [9.17, 15) is 0 Å². The van der Waals surface area contributed by atoms with Crippen LogP contribution in [0.4, 0.5) is 5.69 Å². The molecule has 0 spiro atoms. The molecule has 1 atom stereocenters. The molecule has 0 aromatic heterocycles. The van der Waals surface area contributed by atoms with Gasteiger partial charge in [0, 0.05) is 11.7 Å². The molecule has 1 N–H and O–H groups in total. The Kier molecular flexibility index (Phi) is 3.22. The van der Waals surface area contributed by atoms with Gasteiger partial charge in [-0.15, -0.1) is 0 Å². The van der Waals surface area contributed by atoms with E-state index in [0.29, 0.717) is 11.5 Å². The minimum atomic E-state index is 0.447. The summed E-state index contributed by atoms with van der Waals surface area (Å²) in [6.07, 6.45) is 5.13. The van der Waals surface area contributed by atoms with E-state index >= 15 is 0 Å². The summed E-state index contributed by atoms with van der Waals surface area (Å²) in [7, 11) is 0. The first-order valence-electron chi connectivity index (χ1n) is 6.47. The van der Waals surface area contributed by atoms with Gasteiger partial charge in [0.05, 0.1) is 0 Å². The first kappa shape index (κ1) is 11.5. The lowest BCUT2D eigenvalue weighted by Crippen LogP contribution is -2.30. The van der Waals surface area contributed by atoms with Crippen molar-refractivity contribution in [1.29, 1.82) is 0 Å². The van der Waals surface area contributed by atoms with Crippen molar-refractivity contribution in [1.82, 2.24) is 0 Å². The molecule has 0 amide bonds. The van der Waals surface area contributed by atoms with Gasteiger partial charge in [-0.3, -0.25) is 0 Å². The average Bonchev–Trinajstić information content (AvgIpc) is 2.59. The summed E-state index contributed by atoms with van der Waals surface area (Å²) in [5, 5.41) is 3.71. The fraction of sp³-hybridized carbons (Fsp3) is 0.600. The second kappa shape index (κ2) is 4.48.